The van der Waals surface area contributed by atoms with E-state index in [-0.39, 0.29) is 23.6 Å². The number of aliphatic hydroxyl groups is 1. The van der Waals surface area contributed by atoms with Gasteiger partial charge in [0, 0.05) is 13.3 Å². The van der Waals surface area contributed by atoms with E-state index in [1.807, 2.05) is 0 Å². The number of carbonyl (C=O) groups excluding carboxylic acids is 1. The normalized spacial score (nSPS) is 43.2. The van der Waals surface area contributed by atoms with Gasteiger partial charge in [0.1, 0.15) is 6.10 Å². The lowest BCUT2D eigenvalue weighted by molar-refractivity contribution is -0.149. The van der Waals surface area contributed by atoms with Crippen LogP contribution in [0.25, 0.3) is 0 Å². The number of esters is 1. The Bertz CT molecular complexity index is 796. The molecule has 186 valence electrons. The van der Waals surface area contributed by atoms with Gasteiger partial charge >= 0.3 is 5.97 Å². The molecule has 33 heavy (non-hydrogen) atoms. The van der Waals surface area contributed by atoms with Crippen LogP contribution in [0, 0.1) is 46.3 Å². The van der Waals surface area contributed by atoms with Crippen LogP contribution in [0.2, 0.25) is 0 Å². The fourth-order valence-electron chi connectivity index (χ4n) is 8.83. The lowest BCUT2D eigenvalue weighted by atomic mass is 9.46. The van der Waals surface area contributed by atoms with Crippen molar-refractivity contribution in [3.63, 3.8) is 0 Å². The second kappa shape index (κ2) is 9.17. The highest BCUT2D eigenvalue weighted by atomic mass is 16.5. The van der Waals surface area contributed by atoms with Crippen molar-refractivity contribution >= 4 is 5.97 Å². The average Bonchev–Trinajstić information content (AvgIpc) is 3.09. The first-order valence-electron chi connectivity index (χ1n) is 13.7. The van der Waals surface area contributed by atoms with Crippen LogP contribution in [0.1, 0.15) is 99.3 Å². The third-order valence-electron chi connectivity index (χ3n) is 10.9. The summed E-state index contributed by atoms with van der Waals surface area (Å²) in [5.41, 5.74) is 3.24. The number of fused-ring (bicyclic) bond motifs is 5. The zero-order valence-corrected chi connectivity index (χ0v) is 22.0. The number of hydrogen-bond donors (Lipinski definition) is 1. The van der Waals surface area contributed by atoms with Gasteiger partial charge in [-0.05, 0) is 97.7 Å². The summed E-state index contributed by atoms with van der Waals surface area (Å²) in [6, 6.07) is 0. The molecule has 1 N–H and O–H groups in total. The third-order valence-corrected chi connectivity index (χ3v) is 10.9. The molecule has 4 rings (SSSR count). The number of allylic oxidation sites excluding steroid dienone is 1. The summed E-state index contributed by atoms with van der Waals surface area (Å²) in [6.45, 7) is 17.8. The first kappa shape index (κ1) is 25.0. The molecule has 0 heterocycles. The minimum atomic E-state index is -0.353. The Labute approximate surface area is 202 Å². The standard InChI is InChI=1S/C30H48O3/c1-18(2)19(3)8-9-20(4)24-10-11-25-28-26(13-15-30(24,25)7)29(6)14-12-23(33-21(5)31)16-22(29)17-27(28)32/h17-18,20,23-28,32H,3,8-16H2,1-2,4-7H3/t20-,23+,24-,25+,26-,27-,28+,29+,30-/m1/s1. The number of carbonyl (C=O) groups is 1. The zero-order chi connectivity index (χ0) is 24.1. The summed E-state index contributed by atoms with van der Waals surface area (Å²) in [7, 11) is 0. The molecule has 0 radical (unpaired) electrons. The molecule has 9 atom stereocenters. The molecular formula is C30H48O3. The van der Waals surface area contributed by atoms with E-state index in [9.17, 15) is 9.90 Å². The highest BCUT2D eigenvalue weighted by molar-refractivity contribution is 5.66. The number of ether oxygens (including phenoxy) is 1. The smallest absolute Gasteiger partial charge is 0.302 e. The average molecular weight is 457 g/mol. The summed E-state index contributed by atoms with van der Waals surface area (Å²) in [6.07, 6.45) is 12.1. The number of aliphatic hydroxyl groups excluding tert-OH is 1. The van der Waals surface area contributed by atoms with Crippen LogP contribution >= 0.6 is 0 Å². The maximum atomic E-state index is 11.5. The van der Waals surface area contributed by atoms with E-state index >= 15 is 0 Å². The van der Waals surface area contributed by atoms with Gasteiger partial charge in [-0.2, -0.15) is 0 Å². The second-order valence-corrected chi connectivity index (χ2v) is 12.9. The first-order valence-corrected chi connectivity index (χ1v) is 13.7. The molecule has 0 amide bonds. The molecule has 4 aliphatic carbocycles. The van der Waals surface area contributed by atoms with E-state index in [0.29, 0.717) is 35.0 Å². The summed E-state index contributed by atoms with van der Waals surface area (Å²) < 4.78 is 5.57. The van der Waals surface area contributed by atoms with Crippen molar-refractivity contribution in [3.8, 4) is 0 Å². The van der Waals surface area contributed by atoms with Crippen molar-refractivity contribution in [2.45, 2.75) is 112 Å². The second-order valence-electron chi connectivity index (χ2n) is 12.9. The zero-order valence-electron chi connectivity index (χ0n) is 22.0. The highest BCUT2D eigenvalue weighted by Gasteiger charge is 2.61. The van der Waals surface area contributed by atoms with Gasteiger partial charge in [-0.3, -0.25) is 4.79 Å². The molecule has 3 heteroatoms. The summed E-state index contributed by atoms with van der Waals surface area (Å²) >= 11 is 0. The molecule has 0 aliphatic heterocycles. The van der Waals surface area contributed by atoms with E-state index in [1.165, 1.54) is 50.2 Å². The molecule has 0 saturated heterocycles. The minimum absolute atomic E-state index is 0.0169. The van der Waals surface area contributed by atoms with Crippen LogP contribution in [0.15, 0.2) is 23.8 Å². The van der Waals surface area contributed by atoms with Gasteiger partial charge in [-0.15, -0.1) is 0 Å². The molecule has 4 aliphatic rings. The Hall–Kier alpha value is -1.09. The van der Waals surface area contributed by atoms with E-state index in [1.54, 1.807) is 0 Å². The molecule has 0 aromatic rings. The quantitative estimate of drug-likeness (QED) is 0.342. The Morgan fingerprint density at radius 1 is 1.15 bits per heavy atom. The van der Waals surface area contributed by atoms with Crippen LogP contribution in [0.5, 0.6) is 0 Å². The third kappa shape index (κ3) is 4.37. The van der Waals surface area contributed by atoms with Crippen LogP contribution in [-0.4, -0.2) is 23.3 Å². The predicted molar refractivity (Wildman–Crippen MR) is 135 cm³/mol. The predicted octanol–water partition coefficient (Wildman–Crippen LogP) is 7.10. The van der Waals surface area contributed by atoms with Gasteiger partial charge in [0.15, 0.2) is 0 Å². The molecule has 0 unspecified atom stereocenters. The van der Waals surface area contributed by atoms with Crippen LogP contribution in [-0.2, 0) is 9.53 Å². The first-order chi connectivity index (χ1) is 15.5. The van der Waals surface area contributed by atoms with Gasteiger partial charge < -0.3 is 9.84 Å². The minimum Gasteiger partial charge on any atom is -0.462 e. The number of rotatable bonds is 6. The van der Waals surface area contributed by atoms with Gasteiger partial charge in [-0.25, -0.2) is 0 Å². The lowest BCUT2D eigenvalue weighted by Crippen LogP contribution is -2.55. The molecule has 3 fully saturated rings. The van der Waals surface area contributed by atoms with E-state index < -0.39 is 0 Å². The van der Waals surface area contributed by atoms with Crippen LogP contribution in [0.4, 0.5) is 0 Å². The Kier molecular flexibility index (Phi) is 6.95. The Balaban J connectivity index is 1.52. The van der Waals surface area contributed by atoms with E-state index in [0.717, 1.165) is 31.6 Å². The molecule has 3 nitrogen and oxygen atoms in total. The van der Waals surface area contributed by atoms with Crippen molar-refractivity contribution in [2.24, 2.45) is 46.3 Å². The topological polar surface area (TPSA) is 46.5 Å². The van der Waals surface area contributed by atoms with Crippen LogP contribution < -0.4 is 0 Å². The SMILES string of the molecule is C=C(CC[C@@H](C)[C@H]1CC[C@H]2[C@@H]3[C@H](O)C=C4C[C@@H](OC(C)=O)CC[C@]4(C)[C@@H]3CC[C@]12C)C(C)C. The fourth-order valence-corrected chi connectivity index (χ4v) is 8.83. The molecular weight excluding hydrogens is 408 g/mol. The van der Waals surface area contributed by atoms with Crippen molar-refractivity contribution in [2.75, 3.05) is 0 Å². The largest absolute Gasteiger partial charge is 0.462 e. The monoisotopic (exact) mass is 456 g/mol. The maximum absolute atomic E-state index is 11.5. The molecule has 0 aromatic heterocycles. The molecule has 0 spiro atoms. The van der Waals surface area contributed by atoms with E-state index in [2.05, 4.69) is 47.3 Å². The molecule has 0 bridgehead atoms. The van der Waals surface area contributed by atoms with Crippen molar-refractivity contribution in [1.29, 1.82) is 0 Å². The highest BCUT2D eigenvalue weighted by Crippen LogP contribution is 2.67. The molecule has 3 saturated carbocycles. The molecule has 0 aromatic carbocycles. The van der Waals surface area contributed by atoms with Crippen molar-refractivity contribution < 1.29 is 14.6 Å². The summed E-state index contributed by atoms with van der Waals surface area (Å²) in [4.78, 5) is 11.5. The number of hydrogen-bond acceptors (Lipinski definition) is 3. The van der Waals surface area contributed by atoms with Gasteiger partial charge in [-0.1, -0.05) is 58.4 Å². The Morgan fingerprint density at radius 2 is 1.88 bits per heavy atom. The lowest BCUT2D eigenvalue weighted by Gasteiger charge is -2.59. The fraction of sp³-hybridized carbons (Fsp3) is 0.833. The van der Waals surface area contributed by atoms with Gasteiger partial charge in [0.25, 0.3) is 0 Å². The summed E-state index contributed by atoms with van der Waals surface area (Å²) in [5.74, 6) is 3.42. The van der Waals surface area contributed by atoms with Gasteiger partial charge in [0.05, 0.1) is 6.10 Å². The maximum Gasteiger partial charge on any atom is 0.302 e. The summed E-state index contributed by atoms with van der Waals surface area (Å²) in [5, 5.41) is 11.5. The Morgan fingerprint density at radius 3 is 2.55 bits per heavy atom. The van der Waals surface area contributed by atoms with Crippen LogP contribution in [0.3, 0.4) is 0 Å². The van der Waals surface area contributed by atoms with Crippen molar-refractivity contribution in [3.05, 3.63) is 23.8 Å². The van der Waals surface area contributed by atoms with Gasteiger partial charge in [0.2, 0.25) is 0 Å². The van der Waals surface area contributed by atoms with E-state index in [4.69, 9.17) is 4.74 Å². The van der Waals surface area contributed by atoms with Crippen molar-refractivity contribution in [1.82, 2.24) is 0 Å².